The molecule has 0 aliphatic heterocycles. The van der Waals surface area contributed by atoms with Crippen LogP contribution in [0.4, 0.5) is 0 Å². The van der Waals surface area contributed by atoms with Gasteiger partial charge in [-0.25, -0.2) is 0 Å². The third-order valence-corrected chi connectivity index (χ3v) is 1.77. The van der Waals surface area contributed by atoms with Crippen molar-refractivity contribution >= 4 is 11.9 Å². The average Bonchev–Trinajstić information content (AvgIpc) is 2.15. The summed E-state index contributed by atoms with van der Waals surface area (Å²) in [5.74, 6) is 1.33. The van der Waals surface area contributed by atoms with Crippen LogP contribution in [0.25, 0.3) is 0 Å². The first-order chi connectivity index (χ1) is 7.47. The second-order valence-electron chi connectivity index (χ2n) is 3.87. The van der Waals surface area contributed by atoms with E-state index >= 15 is 0 Å². The Balaban J connectivity index is 4.21. The van der Waals surface area contributed by atoms with Crippen molar-refractivity contribution in [3.05, 3.63) is 0 Å². The first-order valence-corrected chi connectivity index (χ1v) is 5.11. The summed E-state index contributed by atoms with van der Waals surface area (Å²) in [5, 5.41) is 11.4. The fraction of sp³-hybridized carbons (Fsp3) is 0.636. The Bertz CT molecular complexity index is 281. The van der Waals surface area contributed by atoms with Crippen LogP contribution in [0.1, 0.15) is 13.8 Å². The van der Waals surface area contributed by atoms with Crippen molar-refractivity contribution in [2.45, 2.75) is 13.8 Å². The molecule has 0 aromatic heterocycles. The van der Waals surface area contributed by atoms with Crippen LogP contribution in [0.15, 0.2) is 0 Å². The Morgan fingerprint density at radius 3 is 2.56 bits per heavy atom. The van der Waals surface area contributed by atoms with Gasteiger partial charge in [0.05, 0.1) is 13.1 Å². The van der Waals surface area contributed by atoms with Gasteiger partial charge in [-0.1, -0.05) is 19.8 Å². The normalized spacial score (nSPS) is 9.88. The van der Waals surface area contributed by atoms with Crippen LogP contribution in [0.3, 0.4) is 0 Å². The highest BCUT2D eigenvalue weighted by atomic mass is 16.4. The number of rotatable bonds is 7. The molecule has 0 fully saturated rings. The average molecular weight is 226 g/mol. The molecule has 16 heavy (non-hydrogen) atoms. The van der Waals surface area contributed by atoms with Crippen LogP contribution in [-0.4, -0.2) is 48.1 Å². The topological polar surface area (TPSA) is 69.6 Å². The third-order valence-electron chi connectivity index (χ3n) is 1.77. The van der Waals surface area contributed by atoms with Gasteiger partial charge in [-0.15, -0.1) is 6.42 Å². The second kappa shape index (κ2) is 7.71. The van der Waals surface area contributed by atoms with Crippen molar-refractivity contribution < 1.29 is 14.7 Å². The Labute approximate surface area is 95.8 Å². The highest BCUT2D eigenvalue weighted by Crippen LogP contribution is 1.98. The van der Waals surface area contributed by atoms with Gasteiger partial charge in [-0.2, -0.15) is 0 Å². The minimum absolute atomic E-state index is 0.0736. The van der Waals surface area contributed by atoms with Gasteiger partial charge in [-0.05, 0) is 5.92 Å². The maximum Gasteiger partial charge on any atom is 0.323 e. The Morgan fingerprint density at radius 2 is 2.12 bits per heavy atom. The third kappa shape index (κ3) is 6.85. The van der Waals surface area contributed by atoms with Crippen LogP contribution in [0, 0.1) is 18.3 Å². The summed E-state index contributed by atoms with van der Waals surface area (Å²) in [6, 6.07) is 0. The van der Waals surface area contributed by atoms with E-state index in [-0.39, 0.29) is 24.9 Å². The standard InChI is InChI=1S/C11H18N2O3/c1-4-5-12-6-10(14)13(7-9(2)3)8-11(15)16/h1,9,12H,5-8H2,2-3H3,(H,15,16). The lowest BCUT2D eigenvalue weighted by Crippen LogP contribution is -2.43. The van der Waals surface area contributed by atoms with Crippen LogP contribution in [0.2, 0.25) is 0 Å². The number of carbonyl (C=O) groups is 2. The fourth-order valence-corrected chi connectivity index (χ4v) is 1.21. The van der Waals surface area contributed by atoms with Gasteiger partial charge >= 0.3 is 5.97 Å². The molecule has 0 saturated carbocycles. The maximum atomic E-state index is 11.6. The molecule has 1 amide bonds. The molecule has 0 unspecified atom stereocenters. The number of carboxylic acid groups (broad SMARTS) is 1. The van der Waals surface area contributed by atoms with Gasteiger partial charge in [0, 0.05) is 6.54 Å². The fourth-order valence-electron chi connectivity index (χ4n) is 1.21. The van der Waals surface area contributed by atoms with E-state index in [2.05, 4.69) is 11.2 Å². The summed E-state index contributed by atoms with van der Waals surface area (Å²) in [6.45, 7) is 4.39. The minimum Gasteiger partial charge on any atom is -0.480 e. The zero-order valence-corrected chi connectivity index (χ0v) is 9.69. The van der Waals surface area contributed by atoms with Gasteiger partial charge in [0.15, 0.2) is 0 Å². The Hall–Kier alpha value is -1.54. The quantitative estimate of drug-likeness (QED) is 0.465. The zero-order chi connectivity index (χ0) is 12.6. The molecule has 0 spiro atoms. The van der Waals surface area contributed by atoms with Gasteiger partial charge < -0.3 is 10.0 Å². The van der Waals surface area contributed by atoms with E-state index in [1.807, 2.05) is 13.8 Å². The van der Waals surface area contributed by atoms with Crippen molar-refractivity contribution in [2.75, 3.05) is 26.2 Å². The number of nitrogens with one attached hydrogen (secondary N) is 1. The molecule has 0 bridgehead atoms. The van der Waals surface area contributed by atoms with E-state index in [1.54, 1.807) is 0 Å². The molecule has 0 heterocycles. The van der Waals surface area contributed by atoms with Crippen LogP contribution in [-0.2, 0) is 9.59 Å². The van der Waals surface area contributed by atoms with E-state index in [0.29, 0.717) is 13.1 Å². The highest BCUT2D eigenvalue weighted by molar-refractivity contribution is 5.82. The molecule has 5 heteroatoms. The number of terminal acetylenes is 1. The smallest absolute Gasteiger partial charge is 0.323 e. The molecule has 0 rings (SSSR count). The molecule has 0 aromatic carbocycles. The summed E-state index contributed by atoms with van der Waals surface area (Å²) < 4.78 is 0. The number of amides is 1. The van der Waals surface area contributed by atoms with Crippen molar-refractivity contribution in [2.24, 2.45) is 5.92 Å². The Kier molecular flexibility index (Phi) is 6.97. The van der Waals surface area contributed by atoms with E-state index in [4.69, 9.17) is 11.5 Å². The molecule has 0 aliphatic carbocycles. The summed E-state index contributed by atoms with van der Waals surface area (Å²) in [4.78, 5) is 23.5. The minimum atomic E-state index is -1.01. The number of carboxylic acids is 1. The number of hydrogen-bond donors (Lipinski definition) is 2. The molecule has 0 atom stereocenters. The first-order valence-electron chi connectivity index (χ1n) is 5.11. The van der Waals surface area contributed by atoms with Gasteiger partial charge in [0.1, 0.15) is 6.54 Å². The lowest BCUT2D eigenvalue weighted by atomic mass is 10.2. The Morgan fingerprint density at radius 1 is 1.50 bits per heavy atom. The second-order valence-corrected chi connectivity index (χ2v) is 3.87. The van der Waals surface area contributed by atoms with E-state index in [9.17, 15) is 9.59 Å². The molecule has 0 saturated heterocycles. The van der Waals surface area contributed by atoms with Crippen molar-refractivity contribution in [3.8, 4) is 12.3 Å². The number of hydrogen-bond acceptors (Lipinski definition) is 3. The lowest BCUT2D eigenvalue weighted by molar-refractivity contribution is -0.144. The van der Waals surface area contributed by atoms with E-state index in [1.165, 1.54) is 4.90 Å². The molecule has 90 valence electrons. The highest BCUT2D eigenvalue weighted by Gasteiger charge is 2.16. The van der Waals surface area contributed by atoms with Gasteiger partial charge in [0.25, 0.3) is 0 Å². The van der Waals surface area contributed by atoms with Crippen molar-refractivity contribution in [3.63, 3.8) is 0 Å². The number of carbonyl (C=O) groups excluding carboxylic acids is 1. The molecular formula is C11H18N2O3. The summed E-state index contributed by atoms with van der Waals surface area (Å²) in [5.41, 5.74) is 0. The van der Waals surface area contributed by atoms with Crippen LogP contribution >= 0.6 is 0 Å². The van der Waals surface area contributed by atoms with Gasteiger partial charge in [0.2, 0.25) is 5.91 Å². The molecule has 5 nitrogen and oxygen atoms in total. The van der Waals surface area contributed by atoms with E-state index in [0.717, 1.165) is 0 Å². The van der Waals surface area contributed by atoms with Crippen molar-refractivity contribution in [1.82, 2.24) is 10.2 Å². The molecule has 0 radical (unpaired) electrons. The van der Waals surface area contributed by atoms with E-state index < -0.39 is 5.97 Å². The first kappa shape index (κ1) is 14.5. The van der Waals surface area contributed by atoms with Gasteiger partial charge in [-0.3, -0.25) is 14.9 Å². The van der Waals surface area contributed by atoms with Crippen molar-refractivity contribution in [1.29, 1.82) is 0 Å². The largest absolute Gasteiger partial charge is 0.480 e. The van der Waals surface area contributed by atoms with Crippen LogP contribution < -0.4 is 5.32 Å². The SMILES string of the molecule is C#CCNCC(=O)N(CC(=O)O)CC(C)C. The summed E-state index contributed by atoms with van der Waals surface area (Å²) >= 11 is 0. The lowest BCUT2D eigenvalue weighted by Gasteiger charge is -2.22. The summed E-state index contributed by atoms with van der Waals surface area (Å²) in [6.07, 6.45) is 5.02. The monoisotopic (exact) mass is 226 g/mol. The van der Waals surface area contributed by atoms with Crippen LogP contribution in [0.5, 0.6) is 0 Å². The predicted octanol–water partition coefficient (Wildman–Crippen LogP) is -0.222. The summed E-state index contributed by atoms with van der Waals surface area (Å²) in [7, 11) is 0. The number of aliphatic carboxylic acids is 1. The molecule has 2 N–H and O–H groups in total. The maximum absolute atomic E-state index is 11.6. The predicted molar refractivity (Wildman–Crippen MR) is 60.8 cm³/mol. The molecule has 0 aliphatic rings. The zero-order valence-electron chi connectivity index (χ0n) is 9.69. The molecule has 0 aromatic rings. The number of nitrogens with zero attached hydrogens (tertiary/aromatic N) is 1. The molecular weight excluding hydrogens is 208 g/mol.